The second-order valence-electron chi connectivity index (χ2n) is 5.93. The van der Waals surface area contributed by atoms with Crippen LogP contribution < -0.4 is 0 Å². The molecule has 0 heterocycles. The van der Waals surface area contributed by atoms with E-state index in [0.29, 0.717) is 17.9 Å². The van der Waals surface area contributed by atoms with Crippen molar-refractivity contribution in [3.63, 3.8) is 0 Å². The minimum Gasteiger partial charge on any atom is -0.506 e. The van der Waals surface area contributed by atoms with E-state index < -0.39 is 0 Å². The molecule has 0 bridgehead atoms. The van der Waals surface area contributed by atoms with E-state index in [1.165, 1.54) is 0 Å². The predicted octanol–water partition coefficient (Wildman–Crippen LogP) is 7.11. The number of phenols is 2. The van der Waals surface area contributed by atoms with Gasteiger partial charge >= 0.3 is 0 Å². The standard InChI is InChI=1S/C17H16Br4O2/c1-8(2)17(3,9-4-11(18)15(22)12(19)5-9)10-6-13(20)16(23)14(21)7-10/h4-8,22-23H,1-3H3. The molecule has 0 aliphatic rings. The fraction of sp³-hybridized carbons (Fsp3) is 0.294. The van der Waals surface area contributed by atoms with E-state index in [0.717, 1.165) is 11.1 Å². The third kappa shape index (κ3) is 3.51. The van der Waals surface area contributed by atoms with Crippen molar-refractivity contribution in [2.24, 2.45) is 5.92 Å². The molecule has 0 radical (unpaired) electrons. The van der Waals surface area contributed by atoms with E-state index in [1.807, 2.05) is 24.3 Å². The van der Waals surface area contributed by atoms with Crippen LogP contribution >= 0.6 is 63.7 Å². The van der Waals surface area contributed by atoms with Crippen LogP contribution in [0, 0.1) is 5.92 Å². The van der Waals surface area contributed by atoms with Gasteiger partial charge in [-0.25, -0.2) is 0 Å². The van der Waals surface area contributed by atoms with E-state index in [1.54, 1.807) is 0 Å². The molecular formula is C17H16Br4O2. The number of phenolic OH excluding ortho intramolecular Hbond substituents is 2. The number of hydrogen-bond donors (Lipinski definition) is 2. The van der Waals surface area contributed by atoms with Crippen LogP contribution in [0.2, 0.25) is 0 Å². The molecule has 2 N–H and O–H groups in total. The lowest BCUT2D eigenvalue weighted by Crippen LogP contribution is -2.30. The maximum Gasteiger partial charge on any atom is 0.143 e. The van der Waals surface area contributed by atoms with Gasteiger partial charge in [-0.3, -0.25) is 0 Å². The number of rotatable bonds is 3. The molecule has 0 aliphatic carbocycles. The van der Waals surface area contributed by atoms with Crippen LogP contribution in [0.25, 0.3) is 0 Å². The molecule has 2 aromatic carbocycles. The van der Waals surface area contributed by atoms with E-state index in [4.69, 9.17) is 0 Å². The minimum atomic E-state index is -0.308. The lowest BCUT2D eigenvalue weighted by Gasteiger charge is -2.36. The van der Waals surface area contributed by atoms with Crippen molar-refractivity contribution in [2.75, 3.05) is 0 Å². The molecule has 6 heteroatoms. The summed E-state index contributed by atoms with van der Waals surface area (Å²) in [4.78, 5) is 0. The molecule has 0 aromatic heterocycles. The van der Waals surface area contributed by atoms with Gasteiger partial charge in [0.1, 0.15) is 11.5 Å². The third-order valence-corrected chi connectivity index (χ3v) is 6.81. The van der Waals surface area contributed by atoms with Gasteiger partial charge in [0.2, 0.25) is 0 Å². The smallest absolute Gasteiger partial charge is 0.143 e. The number of halogens is 4. The number of hydrogen-bond acceptors (Lipinski definition) is 2. The molecule has 2 aromatic rings. The molecular weight excluding hydrogens is 556 g/mol. The number of aromatic hydroxyl groups is 2. The normalized spacial score (nSPS) is 12.0. The summed E-state index contributed by atoms with van der Waals surface area (Å²) in [6.45, 7) is 6.47. The molecule has 124 valence electrons. The van der Waals surface area contributed by atoms with Crippen LogP contribution in [0.1, 0.15) is 31.9 Å². The van der Waals surface area contributed by atoms with E-state index in [9.17, 15) is 10.2 Å². The average Bonchev–Trinajstić information content (AvgIpc) is 2.48. The summed E-state index contributed by atoms with van der Waals surface area (Å²) in [6, 6.07) is 7.76. The largest absolute Gasteiger partial charge is 0.506 e. The second-order valence-corrected chi connectivity index (χ2v) is 9.35. The molecule has 0 saturated heterocycles. The van der Waals surface area contributed by atoms with Gasteiger partial charge in [0, 0.05) is 5.41 Å². The lowest BCUT2D eigenvalue weighted by molar-refractivity contribution is 0.401. The molecule has 0 atom stereocenters. The highest BCUT2D eigenvalue weighted by Crippen LogP contribution is 2.46. The van der Waals surface area contributed by atoms with Crippen LogP contribution in [-0.2, 0) is 5.41 Å². The first-order valence-corrected chi connectivity index (χ1v) is 10.1. The molecule has 0 amide bonds. The first-order valence-electron chi connectivity index (χ1n) is 6.96. The summed E-state index contributed by atoms with van der Waals surface area (Å²) < 4.78 is 2.58. The molecule has 2 nitrogen and oxygen atoms in total. The fourth-order valence-corrected chi connectivity index (χ4v) is 4.94. The average molecular weight is 572 g/mol. The van der Waals surface area contributed by atoms with Crippen molar-refractivity contribution in [1.82, 2.24) is 0 Å². The first kappa shape index (κ1) is 19.3. The van der Waals surface area contributed by atoms with E-state index >= 15 is 0 Å². The number of benzene rings is 2. The van der Waals surface area contributed by atoms with Crippen molar-refractivity contribution < 1.29 is 10.2 Å². The van der Waals surface area contributed by atoms with Crippen molar-refractivity contribution in [2.45, 2.75) is 26.2 Å². The summed E-state index contributed by atoms with van der Waals surface area (Å²) in [5.41, 5.74) is 1.82. The van der Waals surface area contributed by atoms with Crippen molar-refractivity contribution in [3.8, 4) is 11.5 Å². The second kappa shape index (κ2) is 7.06. The highest BCUT2D eigenvalue weighted by molar-refractivity contribution is 9.11. The highest BCUT2D eigenvalue weighted by atomic mass is 79.9. The summed E-state index contributed by atoms with van der Waals surface area (Å²) in [5.74, 6) is 0.662. The van der Waals surface area contributed by atoms with Crippen LogP contribution in [-0.4, -0.2) is 10.2 Å². The van der Waals surface area contributed by atoms with Gasteiger partial charge in [-0.1, -0.05) is 20.8 Å². The maximum atomic E-state index is 9.99. The Morgan fingerprint density at radius 1 is 0.739 bits per heavy atom. The van der Waals surface area contributed by atoms with Gasteiger partial charge in [0.25, 0.3) is 0 Å². The van der Waals surface area contributed by atoms with E-state index in [2.05, 4.69) is 84.5 Å². The Bertz CT molecular complexity index is 653. The van der Waals surface area contributed by atoms with Gasteiger partial charge < -0.3 is 10.2 Å². The molecule has 2 rings (SSSR count). The Kier molecular flexibility index (Phi) is 5.92. The van der Waals surface area contributed by atoms with E-state index in [-0.39, 0.29) is 22.8 Å². The molecule has 0 unspecified atom stereocenters. The summed E-state index contributed by atoms with van der Waals surface area (Å²) in [7, 11) is 0. The Balaban J connectivity index is 2.75. The van der Waals surface area contributed by atoms with Gasteiger partial charge in [-0.2, -0.15) is 0 Å². The molecule has 0 fully saturated rings. The maximum absolute atomic E-state index is 9.99. The Morgan fingerprint density at radius 3 is 1.22 bits per heavy atom. The van der Waals surface area contributed by atoms with Crippen LogP contribution in [0.3, 0.4) is 0 Å². The molecule has 0 spiro atoms. The lowest BCUT2D eigenvalue weighted by atomic mass is 9.68. The van der Waals surface area contributed by atoms with Gasteiger partial charge in [-0.05, 0) is 105 Å². The molecule has 0 aliphatic heterocycles. The zero-order valence-electron chi connectivity index (χ0n) is 12.8. The van der Waals surface area contributed by atoms with Crippen molar-refractivity contribution in [1.29, 1.82) is 0 Å². The van der Waals surface area contributed by atoms with Crippen molar-refractivity contribution >= 4 is 63.7 Å². The topological polar surface area (TPSA) is 40.5 Å². The van der Waals surface area contributed by atoms with Gasteiger partial charge in [0.05, 0.1) is 17.9 Å². The summed E-state index contributed by atoms with van der Waals surface area (Å²) in [6.07, 6.45) is 0. The molecule has 23 heavy (non-hydrogen) atoms. The summed E-state index contributed by atoms with van der Waals surface area (Å²) >= 11 is 13.7. The van der Waals surface area contributed by atoms with Crippen LogP contribution in [0.15, 0.2) is 42.2 Å². The monoisotopic (exact) mass is 568 g/mol. The third-order valence-electron chi connectivity index (χ3n) is 4.39. The van der Waals surface area contributed by atoms with Crippen molar-refractivity contribution in [3.05, 3.63) is 53.3 Å². The Morgan fingerprint density at radius 2 is 1.00 bits per heavy atom. The zero-order chi connectivity index (χ0) is 17.5. The van der Waals surface area contributed by atoms with Crippen LogP contribution in [0.5, 0.6) is 11.5 Å². The van der Waals surface area contributed by atoms with Gasteiger partial charge in [0.15, 0.2) is 0 Å². The first-order chi connectivity index (χ1) is 10.6. The zero-order valence-corrected chi connectivity index (χ0v) is 19.1. The molecule has 0 saturated carbocycles. The minimum absolute atomic E-state index is 0.188. The fourth-order valence-electron chi connectivity index (χ4n) is 2.56. The van der Waals surface area contributed by atoms with Gasteiger partial charge in [-0.15, -0.1) is 0 Å². The summed E-state index contributed by atoms with van der Waals surface area (Å²) in [5, 5.41) is 20.0. The quantitative estimate of drug-likeness (QED) is 0.412. The SMILES string of the molecule is CC(C)C(C)(c1cc(Br)c(O)c(Br)c1)c1cc(Br)c(O)c(Br)c1. The highest BCUT2D eigenvalue weighted by Gasteiger charge is 2.34. The predicted molar refractivity (Wildman–Crippen MR) is 108 cm³/mol. The van der Waals surface area contributed by atoms with Crippen LogP contribution in [0.4, 0.5) is 0 Å². The Hall–Kier alpha value is -0.0400. The Labute approximate surface area is 169 Å².